The Morgan fingerprint density at radius 3 is 2.62 bits per heavy atom. The maximum absolute atomic E-state index is 5.59. The molecule has 0 amide bonds. The lowest BCUT2D eigenvalue weighted by Gasteiger charge is -2.12. The summed E-state index contributed by atoms with van der Waals surface area (Å²) in [4.78, 5) is 0. The molecule has 2 heteroatoms. The summed E-state index contributed by atoms with van der Waals surface area (Å²) in [5.41, 5.74) is 6.60. The van der Waals surface area contributed by atoms with Gasteiger partial charge in [0.2, 0.25) is 0 Å². The fourth-order valence-corrected chi connectivity index (χ4v) is 1.16. The van der Waals surface area contributed by atoms with Crippen molar-refractivity contribution in [1.82, 2.24) is 0 Å². The zero-order valence-electron chi connectivity index (χ0n) is 8.07. The normalized spacial score (nSPS) is 12.8. The van der Waals surface area contributed by atoms with Gasteiger partial charge in [0.25, 0.3) is 0 Å². The Balaban J connectivity index is 2.35. The molecule has 0 aliphatic heterocycles. The largest absolute Gasteiger partial charge is 0.374 e. The van der Waals surface area contributed by atoms with E-state index >= 15 is 0 Å². The van der Waals surface area contributed by atoms with Gasteiger partial charge in [0, 0.05) is 6.61 Å². The molecular weight excluding hydrogens is 162 g/mol. The maximum atomic E-state index is 5.59. The molecule has 13 heavy (non-hydrogen) atoms. The first-order valence-corrected chi connectivity index (χ1v) is 4.71. The lowest BCUT2D eigenvalue weighted by molar-refractivity contribution is 0.0651. The van der Waals surface area contributed by atoms with E-state index in [4.69, 9.17) is 10.5 Å². The Bertz CT molecular complexity index is 223. The third kappa shape index (κ3) is 3.57. The summed E-state index contributed by atoms with van der Waals surface area (Å²) >= 11 is 0. The Morgan fingerprint density at radius 1 is 1.31 bits per heavy atom. The van der Waals surface area contributed by atoms with E-state index in [1.807, 2.05) is 18.2 Å². The number of hydrogen-bond acceptors (Lipinski definition) is 2. The molecule has 0 spiro atoms. The molecule has 1 rings (SSSR count). The highest BCUT2D eigenvalue weighted by atomic mass is 16.5. The molecule has 0 aliphatic carbocycles. The SMILES string of the molecule is CC(OCCCN)c1ccccc1. The molecule has 0 aliphatic rings. The summed E-state index contributed by atoms with van der Waals surface area (Å²) < 4.78 is 5.59. The van der Waals surface area contributed by atoms with Crippen LogP contribution in [-0.2, 0) is 4.74 Å². The summed E-state index contributed by atoms with van der Waals surface area (Å²) in [5, 5.41) is 0. The van der Waals surface area contributed by atoms with Gasteiger partial charge in [-0.3, -0.25) is 0 Å². The summed E-state index contributed by atoms with van der Waals surface area (Å²) in [6.45, 7) is 3.50. The first-order valence-electron chi connectivity index (χ1n) is 4.71. The molecule has 0 radical (unpaired) electrons. The fourth-order valence-electron chi connectivity index (χ4n) is 1.16. The van der Waals surface area contributed by atoms with E-state index in [2.05, 4.69) is 19.1 Å². The standard InChI is InChI=1S/C11H17NO/c1-10(13-9-5-8-12)11-6-3-2-4-7-11/h2-4,6-7,10H,5,8-9,12H2,1H3. The molecule has 1 aromatic carbocycles. The second kappa shape index (κ2) is 5.73. The van der Waals surface area contributed by atoms with Crippen LogP contribution in [-0.4, -0.2) is 13.2 Å². The molecule has 0 fully saturated rings. The van der Waals surface area contributed by atoms with E-state index in [1.165, 1.54) is 5.56 Å². The second-order valence-electron chi connectivity index (χ2n) is 3.07. The Labute approximate surface area is 79.7 Å². The number of rotatable bonds is 5. The first kappa shape index (κ1) is 10.2. The molecule has 1 unspecified atom stereocenters. The molecule has 2 N–H and O–H groups in total. The molecular formula is C11H17NO. The quantitative estimate of drug-likeness (QED) is 0.703. The average Bonchev–Trinajstić information content (AvgIpc) is 2.19. The zero-order valence-corrected chi connectivity index (χ0v) is 8.07. The van der Waals surface area contributed by atoms with Crippen LogP contribution in [0.25, 0.3) is 0 Å². The molecule has 2 nitrogen and oxygen atoms in total. The predicted octanol–water partition coefficient (Wildman–Crippen LogP) is 2.11. The fraction of sp³-hybridized carbons (Fsp3) is 0.455. The van der Waals surface area contributed by atoms with Gasteiger partial charge in [-0.2, -0.15) is 0 Å². The van der Waals surface area contributed by atoms with E-state index in [0.29, 0.717) is 6.54 Å². The Morgan fingerprint density at radius 2 is 2.00 bits per heavy atom. The smallest absolute Gasteiger partial charge is 0.0796 e. The van der Waals surface area contributed by atoms with Gasteiger partial charge in [0.05, 0.1) is 6.10 Å². The highest BCUT2D eigenvalue weighted by Crippen LogP contribution is 2.15. The lowest BCUT2D eigenvalue weighted by atomic mass is 10.1. The van der Waals surface area contributed by atoms with Gasteiger partial charge in [0.1, 0.15) is 0 Å². The van der Waals surface area contributed by atoms with Gasteiger partial charge in [-0.1, -0.05) is 30.3 Å². The minimum absolute atomic E-state index is 0.174. The van der Waals surface area contributed by atoms with E-state index < -0.39 is 0 Å². The van der Waals surface area contributed by atoms with Crippen LogP contribution < -0.4 is 5.73 Å². The van der Waals surface area contributed by atoms with Gasteiger partial charge >= 0.3 is 0 Å². The summed E-state index contributed by atoms with van der Waals surface area (Å²) in [5.74, 6) is 0. The van der Waals surface area contributed by atoms with Crippen molar-refractivity contribution in [1.29, 1.82) is 0 Å². The third-order valence-corrected chi connectivity index (χ3v) is 1.99. The zero-order chi connectivity index (χ0) is 9.52. The van der Waals surface area contributed by atoms with E-state index in [1.54, 1.807) is 0 Å². The minimum Gasteiger partial charge on any atom is -0.374 e. The van der Waals surface area contributed by atoms with Crippen LogP contribution in [0.4, 0.5) is 0 Å². The van der Waals surface area contributed by atoms with Crippen molar-refractivity contribution in [3.05, 3.63) is 35.9 Å². The lowest BCUT2D eigenvalue weighted by Crippen LogP contribution is -2.06. The highest BCUT2D eigenvalue weighted by Gasteiger charge is 2.02. The molecule has 0 bridgehead atoms. The predicted molar refractivity (Wildman–Crippen MR) is 54.5 cm³/mol. The monoisotopic (exact) mass is 179 g/mol. The molecule has 0 aromatic heterocycles. The highest BCUT2D eigenvalue weighted by molar-refractivity contribution is 5.16. The second-order valence-corrected chi connectivity index (χ2v) is 3.07. The molecule has 72 valence electrons. The van der Waals surface area contributed by atoms with Crippen LogP contribution in [0.1, 0.15) is 25.0 Å². The van der Waals surface area contributed by atoms with Gasteiger partial charge in [-0.05, 0) is 25.5 Å². The number of benzene rings is 1. The third-order valence-electron chi connectivity index (χ3n) is 1.99. The summed E-state index contributed by atoms with van der Waals surface area (Å²) in [7, 11) is 0. The van der Waals surface area contributed by atoms with Crippen LogP contribution in [0, 0.1) is 0 Å². The van der Waals surface area contributed by atoms with Gasteiger partial charge in [-0.25, -0.2) is 0 Å². The van der Waals surface area contributed by atoms with Crippen molar-refractivity contribution in [3.63, 3.8) is 0 Å². The van der Waals surface area contributed by atoms with Crippen LogP contribution in [0.15, 0.2) is 30.3 Å². The number of nitrogens with two attached hydrogens (primary N) is 1. The molecule has 1 atom stereocenters. The number of hydrogen-bond donors (Lipinski definition) is 1. The van der Waals surface area contributed by atoms with Crippen molar-refractivity contribution in [3.8, 4) is 0 Å². The molecule has 1 aromatic rings. The van der Waals surface area contributed by atoms with Gasteiger partial charge in [-0.15, -0.1) is 0 Å². The van der Waals surface area contributed by atoms with Crippen molar-refractivity contribution < 1.29 is 4.74 Å². The van der Waals surface area contributed by atoms with E-state index in [9.17, 15) is 0 Å². The van der Waals surface area contributed by atoms with Gasteiger partial charge in [0.15, 0.2) is 0 Å². The maximum Gasteiger partial charge on any atom is 0.0796 e. The first-order chi connectivity index (χ1) is 6.34. The van der Waals surface area contributed by atoms with Crippen molar-refractivity contribution in [2.45, 2.75) is 19.4 Å². The Kier molecular flexibility index (Phi) is 4.50. The van der Waals surface area contributed by atoms with Crippen molar-refractivity contribution >= 4 is 0 Å². The summed E-state index contributed by atoms with van der Waals surface area (Å²) in [6.07, 6.45) is 1.10. The number of ether oxygens (including phenoxy) is 1. The van der Waals surface area contributed by atoms with Crippen LogP contribution >= 0.6 is 0 Å². The van der Waals surface area contributed by atoms with Crippen molar-refractivity contribution in [2.75, 3.05) is 13.2 Å². The van der Waals surface area contributed by atoms with Crippen LogP contribution in [0.3, 0.4) is 0 Å². The van der Waals surface area contributed by atoms with Gasteiger partial charge < -0.3 is 10.5 Å². The molecule has 0 saturated carbocycles. The topological polar surface area (TPSA) is 35.2 Å². The Hall–Kier alpha value is -0.860. The minimum atomic E-state index is 0.174. The molecule has 0 heterocycles. The van der Waals surface area contributed by atoms with Crippen molar-refractivity contribution in [2.24, 2.45) is 5.73 Å². The van der Waals surface area contributed by atoms with Crippen LogP contribution in [0.5, 0.6) is 0 Å². The van der Waals surface area contributed by atoms with Crippen LogP contribution in [0.2, 0.25) is 0 Å². The molecule has 0 saturated heterocycles. The van der Waals surface area contributed by atoms with E-state index in [0.717, 1.165) is 13.0 Å². The summed E-state index contributed by atoms with van der Waals surface area (Å²) in [6, 6.07) is 10.2. The average molecular weight is 179 g/mol. The van der Waals surface area contributed by atoms with E-state index in [-0.39, 0.29) is 6.10 Å².